The molecule has 8 nitrogen and oxygen atoms in total. The summed E-state index contributed by atoms with van der Waals surface area (Å²) in [6.45, 7) is 1.36. The summed E-state index contributed by atoms with van der Waals surface area (Å²) in [6, 6.07) is 22.3. The molecule has 0 saturated carbocycles. The number of nitrogens with zero attached hydrogens (tertiary/aromatic N) is 1. The van der Waals surface area contributed by atoms with E-state index in [1.165, 1.54) is 72.5 Å². The Morgan fingerprint density at radius 3 is 1.75 bits per heavy atom. The number of carbonyl (C=O) groups is 4. The lowest BCUT2D eigenvalue weighted by atomic mass is 10.1. The maximum Gasteiger partial charge on any atom is 0.337 e. The number of hydrogen-bond acceptors (Lipinski definition) is 4. The molecule has 0 bridgehead atoms. The minimum atomic E-state index is -1.23. The number of halogens is 1. The van der Waals surface area contributed by atoms with Crippen molar-refractivity contribution in [1.29, 1.82) is 0 Å². The standard InChI is InChI=1S/C31H23FN2O6/c1-19(35)34(26-15-9-23(10-16-26)30(37)38)25-13-7-22(8-14-25)29(36)33-28-17-6-21(18-27(28)31(39)40)3-2-20-4-11-24(32)12-5-20/h2-18H,1H3,(H,33,36)(H,37,38)(H,39,40)/b3-2+. The fourth-order valence-electron chi connectivity index (χ4n) is 3.94. The van der Waals surface area contributed by atoms with E-state index in [-0.39, 0.29) is 34.1 Å². The predicted molar refractivity (Wildman–Crippen MR) is 149 cm³/mol. The van der Waals surface area contributed by atoms with Crippen LogP contribution in [-0.2, 0) is 4.79 Å². The lowest BCUT2D eigenvalue weighted by Gasteiger charge is -2.21. The molecule has 0 saturated heterocycles. The fourth-order valence-corrected chi connectivity index (χ4v) is 3.94. The van der Waals surface area contributed by atoms with Crippen molar-refractivity contribution in [3.05, 3.63) is 125 Å². The third-order valence-electron chi connectivity index (χ3n) is 5.94. The number of aromatic carboxylic acids is 2. The molecule has 0 aliphatic heterocycles. The van der Waals surface area contributed by atoms with Crippen molar-refractivity contribution in [1.82, 2.24) is 0 Å². The minimum Gasteiger partial charge on any atom is -0.478 e. The van der Waals surface area contributed by atoms with Gasteiger partial charge in [0.25, 0.3) is 5.91 Å². The second-order valence-electron chi connectivity index (χ2n) is 8.70. The topological polar surface area (TPSA) is 124 Å². The van der Waals surface area contributed by atoms with Crippen molar-refractivity contribution in [3.8, 4) is 0 Å². The van der Waals surface area contributed by atoms with Crippen LogP contribution in [0.2, 0.25) is 0 Å². The largest absolute Gasteiger partial charge is 0.478 e. The Labute approximate surface area is 228 Å². The highest BCUT2D eigenvalue weighted by atomic mass is 19.1. The van der Waals surface area contributed by atoms with Gasteiger partial charge in [-0.3, -0.25) is 14.5 Å². The Morgan fingerprint density at radius 2 is 1.23 bits per heavy atom. The summed E-state index contributed by atoms with van der Waals surface area (Å²) < 4.78 is 13.1. The van der Waals surface area contributed by atoms with Crippen LogP contribution < -0.4 is 10.2 Å². The molecule has 0 heterocycles. The van der Waals surface area contributed by atoms with Gasteiger partial charge < -0.3 is 15.5 Å². The zero-order valence-electron chi connectivity index (χ0n) is 21.2. The van der Waals surface area contributed by atoms with E-state index < -0.39 is 17.8 Å². The molecule has 4 rings (SSSR count). The summed E-state index contributed by atoms with van der Waals surface area (Å²) in [5.74, 6) is -3.54. The first-order valence-electron chi connectivity index (χ1n) is 12.0. The highest BCUT2D eigenvalue weighted by Crippen LogP contribution is 2.27. The molecular formula is C31H23FN2O6. The monoisotopic (exact) mass is 538 g/mol. The van der Waals surface area contributed by atoms with Gasteiger partial charge in [-0.05, 0) is 83.9 Å². The molecule has 4 aromatic rings. The summed E-state index contributed by atoms with van der Waals surface area (Å²) >= 11 is 0. The lowest BCUT2D eigenvalue weighted by molar-refractivity contribution is -0.115. The molecular weight excluding hydrogens is 515 g/mol. The van der Waals surface area contributed by atoms with E-state index in [2.05, 4.69) is 5.32 Å². The van der Waals surface area contributed by atoms with Crippen molar-refractivity contribution >= 4 is 53.0 Å². The smallest absolute Gasteiger partial charge is 0.337 e. The van der Waals surface area contributed by atoms with E-state index in [0.717, 1.165) is 5.56 Å². The molecule has 9 heteroatoms. The van der Waals surface area contributed by atoms with Gasteiger partial charge in [0.15, 0.2) is 0 Å². The Bertz CT molecular complexity index is 1610. The highest BCUT2D eigenvalue weighted by molar-refractivity contribution is 6.08. The van der Waals surface area contributed by atoms with E-state index in [1.54, 1.807) is 42.5 Å². The van der Waals surface area contributed by atoms with Gasteiger partial charge in [0, 0.05) is 23.9 Å². The molecule has 4 aromatic carbocycles. The van der Waals surface area contributed by atoms with Gasteiger partial charge in [0.2, 0.25) is 5.91 Å². The molecule has 0 spiro atoms. The molecule has 0 unspecified atom stereocenters. The number of anilines is 3. The van der Waals surface area contributed by atoms with Gasteiger partial charge in [0.1, 0.15) is 5.82 Å². The van der Waals surface area contributed by atoms with Crippen molar-refractivity contribution in [3.63, 3.8) is 0 Å². The third kappa shape index (κ3) is 6.46. The van der Waals surface area contributed by atoms with Crippen LogP contribution in [0.25, 0.3) is 12.2 Å². The zero-order valence-corrected chi connectivity index (χ0v) is 21.2. The fraction of sp³-hybridized carbons (Fsp3) is 0.0323. The van der Waals surface area contributed by atoms with Crippen LogP contribution in [0.3, 0.4) is 0 Å². The van der Waals surface area contributed by atoms with Gasteiger partial charge >= 0.3 is 11.9 Å². The molecule has 0 radical (unpaired) electrons. The number of hydrogen-bond donors (Lipinski definition) is 3. The molecule has 0 aliphatic rings. The highest BCUT2D eigenvalue weighted by Gasteiger charge is 2.17. The molecule has 40 heavy (non-hydrogen) atoms. The van der Waals surface area contributed by atoms with Crippen molar-refractivity contribution in [2.75, 3.05) is 10.2 Å². The predicted octanol–water partition coefficient (Wildman–Crippen LogP) is 6.33. The number of rotatable bonds is 8. The Balaban J connectivity index is 1.52. The Morgan fingerprint density at radius 1 is 0.700 bits per heavy atom. The lowest BCUT2D eigenvalue weighted by Crippen LogP contribution is -2.23. The van der Waals surface area contributed by atoms with Crippen LogP contribution in [-0.4, -0.2) is 34.0 Å². The van der Waals surface area contributed by atoms with Crippen molar-refractivity contribution < 1.29 is 33.8 Å². The van der Waals surface area contributed by atoms with Gasteiger partial charge in [-0.1, -0.05) is 30.4 Å². The van der Waals surface area contributed by atoms with Crippen LogP contribution in [0.4, 0.5) is 21.5 Å². The number of carbonyl (C=O) groups excluding carboxylic acids is 2. The summed E-state index contributed by atoms with van der Waals surface area (Å²) in [4.78, 5) is 49.6. The zero-order chi connectivity index (χ0) is 28.8. The second kappa shape index (κ2) is 11.9. The van der Waals surface area contributed by atoms with Crippen LogP contribution in [0.1, 0.15) is 49.1 Å². The average molecular weight is 539 g/mol. The molecule has 0 fully saturated rings. The Hall–Kier alpha value is -5.57. The number of carboxylic acid groups (broad SMARTS) is 2. The minimum absolute atomic E-state index is 0.0805. The quantitative estimate of drug-likeness (QED) is 0.225. The van der Waals surface area contributed by atoms with Crippen LogP contribution >= 0.6 is 0 Å². The van der Waals surface area contributed by atoms with E-state index >= 15 is 0 Å². The molecule has 2 amide bonds. The van der Waals surface area contributed by atoms with Gasteiger partial charge in [-0.25, -0.2) is 14.0 Å². The first-order chi connectivity index (χ1) is 19.1. The van der Waals surface area contributed by atoms with E-state index in [4.69, 9.17) is 5.11 Å². The number of carboxylic acids is 2. The maximum absolute atomic E-state index is 13.1. The van der Waals surface area contributed by atoms with E-state index in [9.17, 15) is 28.7 Å². The summed E-state index contributed by atoms with van der Waals surface area (Å²) in [7, 11) is 0. The van der Waals surface area contributed by atoms with Crippen molar-refractivity contribution in [2.45, 2.75) is 6.92 Å². The SMILES string of the molecule is CC(=O)N(c1ccc(C(=O)O)cc1)c1ccc(C(=O)Nc2ccc(/C=C/c3ccc(F)cc3)cc2C(=O)O)cc1. The van der Waals surface area contributed by atoms with Crippen molar-refractivity contribution in [2.24, 2.45) is 0 Å². The van der Waals surface area contributed by atoms with Gasteiger partial charge in [-0.2, -0.15) is 0 Å². The summed E-state index contributed by atoms with van der Waals surface area (Å²) in [5.41, 5.74) is 2.51. The maximum atomic E-state index is 13.1. The molecule has 0 aromatic heterocycles. The second-order valence-corrected chi connectivity index (χ2v) is 8.70. The van der Waals surface area contributed by atoms with E-state index in [0.29, 0.717) is 16.9 Å². The number of nitrogens with one attached hydrogen (secondary N) is 1. The number of benzene rings is 4. The molecule has 0 atom stereocenters. The summed E-state index contributed by atoms with van der Waals surface area (Å²) in [5, 5.41) is 21.4. The average Bonchev–Trinajstić information content (AvgIpc) is 2.93. The first-order valence-corrected chi connectivity index (χ1v) is 12.0. The van der Waals surface area contributed by atoms with E-state index in [1.807, 2.05) is 0 Å². The molecule has 3 N–H and O–H groups in total. The number of amides is 2. The molecule has 200 valence electrons. The van der Waals surface area contributed by atoms with Crippen LogP contribution in [0.5, 0.6) is 0 Å². The van der Waals surface area contributed by atoms with Gasteiger partial charge in [0.05, 0.1) is 16.8 Å². The summed E-state index contributed by atoms with van der Waals surface area (Å²) in [6.07, 6.45) is 3.39. The Kier molecular flexibility index (Phi) is 8.15. The van der Waals surface area contributed by atoms with Crippen LogP contribution in [0.15, 0.2) is 91.0 Å². The van der Waals surface area contributed by atoms with Gasteiger partial charge in [-0.15, -0.1) is 0 Å². The van der Waals surface area contributed by atoms with Crippen LogP contribution in [0, 0.1) is 5.82 Å². The first kappa shape index (κ1) is 27.5. The third-order valence-corrected chi connectivity index (χ3v) is 5.94. The normalized spacial score (nSPS) is 10.8. The molecule has 0 aliphatic carbocycles.